The highest BCUT2D eigenvalue weighted by Gasteiger charge is 2.40. The average molecular weight is 283 g/mol. The van der Waals surface area contributed by atoms with Gasteiger partial charge < -0.3 is 5.11 Å². The molecule has 0 unspecified atom stereocenters. The molecule has 18 heavy (non-hydrogen) atoms. The summed E-state index contributed by atoms with van der Waals surface area (Å²) in [7, 11) is 0. The van der Waals surface area contributed by atoms with Crippen molar-refractivity contribution in [1.82, 2.24) is 9.72 Å². The molecule has 3 rings (SSSR count). The monoisotopic (exact) mass is 282 g/mol. The minimum Gasteiger partial charge on any atom is -0.368 e. The van der Waals surface area contributed by atoms with Crippen LogP contribution in [0.15, 0.2) is 39.0 Å². The largest absolute Gasteiger partial charge is 0.445 e. The predicted molar refractivity (Wildman–Crippen MR) is 68.1 cm³/mol. The lowest BCUT2D eigenvalue weighted by molar-refractivity contribution is 0.165. The van der Waals surface area contributed by atoms with E-state index < -0.39 is 10.7 Å². The van der Waals surface area contributed by atoms with Crippen LogP contribution < -0.4 is 5.76 Å². The third kappa shape index (κ3) is 1.61. The fourth-order valence-electron chi connectivity index (χ4n) is 1.73. The fourth-order valence-corrected chi connectivity index (χ4v) is 2.75. The molecule has 1 N–H and O–H groups in total. The van der Waals surface area contributed by atoms with Gasteiger partial charge in [-0.15, -0.1) is 0 Å². The van der Waals surface area contributed by atoms with Gasteiger partial charge in [-0.1, -0.05) is 40.7 Å². The Morgan fingerprint density at radius 3 is 2.83 bits per heavy atom. The first-order chi connectivity index (χ1) is 8.61. The molecule has 0 amide bonds. The molecule has 0 spiro atoms. The Kier molecular flexibility index (Phi) is 2.58. The molecule has 1 aromatic heterocycles. The van der Waals surface area contributed by atoms with E-state index in [-0.39, 0.29) is 5.82 Å². The summed E-state index contributed by atoms with van der Waals surface area (Å²) in [6.45, 7) is 0. The lowest BCUT2D eigenvalue weighted by Crippen LogP contribution is -2.30. The lowest BCUT2D eigenvalue weighted by atomic mass is 10.1. The van der Waals surface area contributed by atoms with Crippen LogP contribution in [0.4, 0.5) is 0 Å². The van der Waals surface area contributed by atoms with E-state index in [4.69, 9.17) is 11.6 Å². The van der Waals surface area contributed by atoms with Crippen LogP contribution in [0.25, 0.3) is 6.20 Å². The second-order valence-electron chi connectivity index (χ2n) is 3.70. The molecule has 1 atom stereocenters. The molecule has 1 aliphatic rings. The number of hydrogen-bond acceptors (Lipinski definition) is 5. The van der Waals surface area contributed by atoms with Gasteiger partial charge in [0.15, 0.2) is 0 Å². The quantitative estimate of drug-likeness (QED) is 0.865. The van der Waals surface area contributed by atoms with E-state index in [1.807, 2.05) is 0 Å². The molecule has 2 heterocycles. The molecular weight excluding hydrogens is 276 g/mol. The van der Waals surface area contributed by atoms with E-state index in [9.17, 15) is 9.90 Å². The van der Waals surface area contributed by atoms with Crippen LogP contribution in [-0.2, 0) is 4.93 Å². The predicted octanol–water partition coefficient (Wildman–Crippen LogP) is 1.86. The van der Waals surface area contributed by atoms with Gasteiger partial charge in [-0.25, -0.2) is 9.36 Å². The van der Waals surface area contributed by atoms with Crippen LogP contribution in [0.5, 0.6) is 0 Å². The number of fused-ring (bicyclic) bond motifs is 1. The maximum absolute atomic E-state index is 11.4. The van der Waals surface area contributed by atoms with E-state index in [1.54, 1.807) is 29.7 Å². The second-order valence-corrected chi connectivity index (χ2v) is 5.23. The van der Waals surface area contributed by atoms with Gasteiger partial charge in [-0.05, 0) is 17.5 Å². The molecule has 2 aromatic rings. The summed E-state index contributed by atoms with van der Waals surface area (Å²) in [5.74, 6) is -0.490. The highest BCUT2D eigenvalue weighted by molar-refractivity contribution is 8.03. The molecular formula is C11H7ClN2O3S. The fraction of sp³-hybridized carbons (Fsp3) is 0.0909. The summed E-state index contributed by atoms with van der Waals surface area (Å²) in [4.78, 5) is 9.93. The Bertz CT molecular complexity index is 676. The van der Waals surface area contributed by atoms with Crippen molar-refractivity contribution >= 4 is 29.6 Å². The number of aliphatic hydroxyl groups is 1. The van der Waals surface area contributed by atoms with Crippen LogP contribution in [-0.4, -0.2) is 14.8 Å². The van der Waals surface area contributed by atoms with E-state index in [0.717, 1.165) is 11.8 Å². The zero-order chi connectivity index (χ0) is 12.8. The molecule has 5 nitrogen and oxygen atoms in total. The van der Waals surface area contributed by atoms with Gasteiger partial charge in [-0.3, -0.25) is 4.52 Å². The normalized spacial score (nSPS) is 21.9. The Hall–Kier alpha value is -1.50. The minimum absolute atomic E-state index is 0.141. The summed E-state index contributed by atoms with van der Waals surface area (Å²) in [6, 6.07) is 6.68. The molecule has 1 aliphatic heterocycles. The molecule has 7 heteroatoms. The SMILES string of the molecule is O=c1onc2n1C=CS[C@@]2(O)c1ccc(Cl)cc1. The summed E-state index contributed by atoms with van der Waals surface area (Å²) < 4.78 is 5.74. The van der Waals surface area contributed by atoms with Crippen molar-refractivity contribution in [3.05, 3.63) is 56.6 Å². The number of benzene rings is 1. The Labute approximate surface area is 111 Å². The van der Waals surface area contributed by atoms with Crippen LogP contribution in [0.1, 0.15) is 11.4 Å². The first kappa shape index (κ1) is 11.6. The van der Waals surface area contributed by atoms with Crippen molar-refractivity contribution in [2.24, 2.45) is 0 Å². The zero-order valence-electron chi connectivity index (χ0n) is 8.91. The number of aromatic nitrogens is 2. The summed E-state index contributed by atoms with van der Waals surface area (Å²) in [6.07, 6.45) is 1.50. The van der Waals surface area contributed by atoms with Crippen LogP contribution >= 0.6 is 23.4 Å². The van der Waals surface area contributed by atoms with Crippen LogP contribution in [0, 0.1) is 0 Å². The van der Waals surface area contributed by atoms with E-state index >= 15 is 0 Å². The van der Waals surface area contributed by atoms with Crippen molar-refractivity contribution in [1.29, 1.82) is 0 Å². The smallest absolute Gasteiger partial charge is 0.368 e. The highest BCUT2D eigenvalue weighted by Crippen LogP contribution is 2.42. The first-order valence-electron chi connectivity index (χ1n) is 5.03. The Balaban J connectivity index is 2.19. The lowest BCUT2D eigenvalue weighted by Gasteiger charge is -2.26. The van der Waals surface area contributed by atoms with Crippen LogP contribution in [0.2, 0.25) is 5.02 Å². The molecule has 1 aromatic carbocycles. The van der Waals surface area contributed by atoms with E-state index in [1.165, 1.54) is 10.8 Å². The van der Waals surface area contributed by atoms with Crippen molar-refractivity contribution in [3.63, 3.8) is 0 Å². The number of nitrogens with zero attached hydrogens (tertiary/aromatic N) is 2. The second kappa shape index (κ2) is 4.01. The molecule has 0 aliphatic carbocycles. The molecule has 0 saturated heterocycles. The van der Waals surface area contributed by atoms with Gasteiger partial charge in [0, 0.05) is 16.8 Å². The summed E-state index contributed by atoms with van der Waals surface area (Å²) >= 11 is 6.94. The molecule has 0 fully saturated rings. The van der Waals surface area contributed by atoms with Gasteiger partial charge in [0.25, 0.3) is 0 Å². The van der Waals surface area contributed by atoms with Crippen LogP contribution in [0.3, 0.4) is 0 Å². The van der Waals surface area contributed by atoms with Gasteiger partial charge in [0.05, 0.1) is 0 Å². The third-order valence-electron chi connectivity index (χ3n) is 2.62. The van der Waals surface area contributed by atoms with Gasteiger partial charge in [-0.2, -0.15) is 0 Å². The van der Waals surface area contributed by atoms with Crippen molar-refractivity contribution < 1.29 is 9.63 Å². The minimum atomic E-state index is -1.45. The summed E-state index contributed by atoms with van der Waals surface area (Å²) in [5, 5.41) is 16.5. The average Bonchev–Trinajstić information content (AvgIpc) is 2.74. The van der Waals surface area contributed by atoms with Crippen molar-refractivity contribution in [3.8, 4) is 0 Å². The number of halogens is 1. The third-order valence-corrected chi connectivity index (χ3v) is 3.89. The highest BCUT2D eigenvalue weighted by atomic mass is 35.5. The first-order valence-corrected chi connectivity index (χ1v) is 6.28. The number of rotatable bonds is 1. The summed E-state index contributed by atoms with van der Waals surface area (Å²) in [5.41, 5.74) is 0.573. The van der Waals surface area contributed by atoms with Gasteiger partial charge in [0.2, 0.25) is 10.8 Å². The standard InChI is InChI=1S/C11H7ClN2O3S/c12-8-3-1-7(2-4-8)11(16)9-13-17-10(15)14(9)5-6-18-11/h1-6,16H/t11-/m0/s1. The Morgan fingerprint density at radius 2 is 2.11 bits per heavy atom. The van der Waals surface area contributed by atoms with Gasteiger partial charge >= 0.3 is 5.76 Å². The van der Waals surface area contributed by atoms with Crippen molar-refractivity contribution in [2.75, 3.05) is 0 Å². The molecule has 92 valence electrons. The molecule has 0 saturated carbocycles. The molecule has 0 bridgehead atoms. The molecule has 0 radical (unpaired) electrons. The van der Waals surface area contributed by atoms with E-state index in [2.05, 4.69) is 9.68 Å². The topological polar surface area (TPSA) is 68.3 Å². The number of hydrogen-bond donors (Lipinski definition) is 1. The maximum Gasteiger partial charge on any atom is 0.445 e. The van der Waals surface area contributed by atoms with E-state index in [0.29, 0.717) is 10.6 Å². The number of thioether (sulfide) groups is 1. The van der Waals surface area contributed by atoms with Crippen molar-refractivity contribution in [2.45, 2.75) is 4.93 Å². The maximum atomic E-state index is 11.4. The zero-order valence-corrected chi connectivity index (χ0v) is 10.5. The Morgan fingerprint density at radius 1 is 1.39 bits per heavy atom. The van der Waals surface area contributed by atoms with Gasteiger partial charge in [0.1, 0.15) is 0 Å².